The van der Waals surface area contributed by atoms with Crippen LogP contribution in [0.25, 0.3) is 0 Å². The number of aliphatic hydroxyl groups is 2. The van der Waals surface area contributed by atoms with Crippen molar-refractivity contribution in [2.24, 2.45) is 0 Å². The fourth-order valence-electron chi connectivity index (χ4n) is 2.07. The molecule has 1 saturated heterocycles. The molecule has 0 bridgehead atoms. The molecule has 1 rings (SSSR count). The van der Waals surface area contributed by atoms with Crippen LogP contribution in [-0.4, -0.2) is 87.1 Å². The van der Waals surface area contributed by atoms with Crippen LogP contribution in [0.5, 0.6) is 0 Å². The second-order valence-electron chi connectivity index (χ2n) is 5.31. The molecule has 1 fully saturated rings. The van der Waals surface area contributed by atoms with Gasteiger partial charge in [0.15, 0.2) is 12.4 Å². The topological polar surface area (TPSA) is 130 Å². The molecule has 1 heterocycles. The van der Waals surface area contributed by atoms with Gasteiger partial charge in [-0.3, -0.25) is 0 Å². The van der Waals surface area contributed by atoms with Gasteiger partial charge in [-0.25, -0.2) is 9.59 Å². The molecular weight excluding hydrogens is 340 g/mol. The zero-order chi connectivity index (χ0) is 19.0. The zero-order valence-corrected chi connectivity index (χ0v) is 14.4. The van der Waals surface area contributed by atoms with E-state index < -0.39 is 42.8 Å². The van der Waals surface area contributed by atoms with Crippen LogP contribution in [0.15, 0.2) is 12.2 Å². The maximum atomic E-state index is 11.7. The van der Waals surface area contributed by atoms with Crippen molar-refractivity contribution in [3.63, 3.8) is 0 Å². The van der Waals surface area contributed by atoms with E-state index >= 15 is 0 Å². The normalized spacial score (nSPS) is 28.9. The molecule has 1 aliphatic heterocycles. The van der Waals surface area contributed by atoms with Crippen molar-refractivity contribution in [3.8, 4) is 0 Å². The lowest BCUT2D eigenvalue weighted by Crippen LogP contribution is -2.60. The third-order valence-electron chi connectivity index (χ3n) is 3.32. The van der Waals surface area contributed by atoms with E-state index in [-0.39, 0.29) is 25.4 Å². The number of hydrogen-bond acceptors (Lipinski definition) is 10. The third-order valence-corrected chi connectivity index (χ3v) is 3.32. The van der Waals surface area contributed by atoms with Crippen LogP contribution < -0.4 is 0 Å². The van der Waals surface area contributed by atoms with E-state index in [0.717, 1.165) is 0 Å². The second kappa shape index (κ2) is 10.3. The Labute approximate surface area is 145 Å². The molecule has 0 aromatic heterocycles. The molecule has 1 aliphatic rings. The third kappa shape index (κ3) is 6.25. The predicted molar refractivity (Wildman–Crippen MR) is 81.6 cm³/mol. The Kier molecular flexibility index (Phi) is 8.79. The van der Waals surface area contributed by atoms with Crippen LogP contribution in [-0.2, 0) is 33.2 Å². The van der Waals surface area contributed by atoms with E-state index in [1.54, 1.807) is 0 Å². The van der Waals surface area contributed by atoms with E-state index in [2.05, 4.69) is 6.58 Å². The molecule has 0 saturated carbocycles. The molecule has 0 spiro atoms. The van der Waals surface area contributed by atoms with Gasteiger partial charge in [0.1, 0.15) is 31.5 Å². The highest BCUT2D eigenvalue weighted by Crippen LogP contribution is 2.24. The summed E-state index contributed by atoms with van der Waals surface area (Å²) < 4.78 is 29.6. The summed E-state index contributed by atoms with van der Waals surface area (Å²) in [5.41, 5.74) is 0.214. The fraction of sp³-hybridized carbons (Fsp3) is 0.733. The van der Waals surface area contributed by atoms with Crippen LogP contribution in [0.3, 0.4) is 0 Å². The van der Waals surface area contributed by atoms with E-state index in [1.165, 1.54) is 21.1 Å². The standard InChI is InChI=1S/C15H24O10/c1-8(2)13(18)22-5-6-23-15(19)25-12-10(16)9(7-20-3)24-14(21-4)11(12)17/h9-12,14,16-17H,1,5-7H2,2-4H3. The summed E-state index contributed by atoms with van der Waals surface area (Å²) in [6, 6.07) is 0. The van der Waals surface area contributed by atoms with Crippen molar-refractivity contribution in [2.45, 2.75) is 37.6 Å². The molecule has 5 unspecified atom stereocenters. The Morgan fingerprint density at radius 3 is 2.32 bits per heavy atom. The van der Waals surface area contributed by atoms with Crippen molar-refractivity contribution < 1.29 is 48.2 Å². The minimum atomic E-state index is -1.43. The second-order valence-corrected chi connectivity index (χ2v) is 5.31. The number of rotatable bonds is 8. The molecule has 0 amide bonds. The van der Waals surface area contributed by atoms with Gasteiger partial charge in [0, 0.05) is 19.8 Å². The van der Waals surface area contributed by atoms with Crippen LogP contribution >= 0.6 is 0 Å². The first-order valence-corrected chi connectivity index (χ1v) is 7.51. The number of carbonyl (C=O) groups excluding carboxylic acids is 2. The zero-order valence-electron chi connectivity index (χ0n) is 14.4. The lowest BCUT2D eigenvalue weighted by atomic mass is 9.99. The van der Waals surface area contributed by atoms with Gasteiger partial charge in [-0.2, -0.15) is 0 Å². The van der Waals surface area contributed by atoms with E-state index in [0.29, 0.717) is 0 Å². The average Bonchev–Trinajstić information content (AvgIpc) is 2.57. The smallest absolute Gasteiger partial charge is 0.459 e. The Morgan fingerprint density at radius 2 is 1.76 bits per heavy atom. The average molecular weight is 364 g/mol. The molecule has 0 radical (unpaired) electrons. The quantitative estimate of drug-likeness (QED) is 0.326. The molecule has 10 nitrogen and oxygen atoms in total. The molecular formula is C15H24O10. The number of ether oxygens (including phenoxy) is 6. The van der Waals surface area contributed by atoms with Crippen molar-refractivity contribution in [3.05, 3.63) is 12.2 Å². The molecule has 0 aromatic carbocycles. The van der Waals surface area contributed by atoms with Crippen LogP contribution in [0.1, 0.15) is 6.92 Å². The number of esters is 1. The van der Waals surface area contributed by atoms with Gasteiger partial charge in [0.05, 0.1) is 6.61 Å². The molecule has 144 valence electrons. The Morgan fingerprint density at radius 1 is 1.12 bits per heavy atom. The van der Waals surface area contributed by atoms with Gasteiger partial charge in [-0.1, -0.05) is 6.58 Å². The molecule has 0 aromatic rings. The first-order valence-electron chi connectivity index (χ1n) is 7.51. The Bertz CT molecular complexity index is 465. The van der Waals surface area contributed by atoms with Crippen molar-refractivity contribution in [1.82, 2.24) is 0 Å². The largest absolute Gasteiger partial charge is 0.508 e. The monoisotopic (exact) mass is 364 g/mol. The molecule has 5 atom stereocenters. The van der Waals surface area contributed by atoms with Crippen LogP contribution in [0.4, 0.5) is 4.79 Å². The lowest BCUT2D eigenvalue weighted by molar-refractivity contribution is -0.296. The van der Waals surface area contributed by atoms with Gasteiger partial charge in [-0.05, 0) is 6.92 Å². The lowest BCUT2D eigenvalue weighted by Gasteiger charge is -2.40. The summed E-state index contributed by atoms with van der Waals surface area (Å²) in [4.78, 5) is 22.9. The van der Waals surface area contributed by atoms with Gasteiger partial charge in [-0.15, -0.1) is 0 Å². The first-order chi connectivity index (χ1) is 11.8. The van der Waals surface area contributed by atoms with Gasteiger partial charge >= 0.3 is 12.1 Å². The minimum Gasteiger partial charge on any atom is -0.459 e. The van der Waals surface area contributed by atoms with Crippen molar-refractivity contribution >= 4 is 12.1 Å². The predicted octanol–water partition coefficient (Wildman–Crippen LogP) is -0.633. The summed E-state index contributed by atoms with van der Waals surface area (Å²) in [6.07, 6.45) is -7.26. The SMILES string of the molecule is C=C(C)C(=O)OCCOC(=O)OC1C(O)C(COC)OC(OC)C1O. The van der Waals surface area contributed by atoms with Gasteiger partial charge in [0.2, 0.25) is 0 Å². The highest BCUT2D eigenvalue weighted by atomic mass is 16.8. The maximum absolute atomic E-state index is 11.7. The van der Waals surface area contributed by atoms with E-state index in [9.17, 15) is 19.8 Å². The minimum absolute atomic E-state index is 0.000486. The maximum Gasteiger partial charge on any atom is 0.508 e. The van der Waals surface area contributed by atoms with Crippen molar-refractivity contribution in [1.29, 1.82) is 0 Å². The highest BCUT2D eigenvalue weighted by molar-refractivity contribution is 5.86. The molecule has 0 aliphatic carbocycles. The van der Waals surface area contributed by atoms with Crippen molar-refractivity contribution in [2.75, 3.05) is 34.0 Å². The summed E-state index contributed by atoms with van der Waals surface area (Å²) in [5.74, 6) is -0.613. The summed E-state index contributed by atoms with van der Waals surface area (Å²) in [6.45, 7) is 4.43. The van der Waals surface area contributed by atoms with Crippen LogP contribution in [0.2, 0.25) is 0 Å². The Balaban J connectivity index is 2.51. The van der Waals surface area contributed by atoms with Crippen LogP contribution in [0, 0.1) is 0 Å². The number of methoxy groups -OCH3 is 2. The summed E-state index contributed by atoms with van der Waals surface area (Å²) >= 11 is 0. The molecule has 25 heavy (non-hydrogen) atoms. The number of carbonyl (C=O) groups is 2. The molecule has 10 heteroatoms. The number of aliphatic hydroxyl groups excluding tert-OH is 2. The fourth-order valence-corrected chi connectivity index (χ4v) is 2.07. The first kappa shape index (κ1) is 21.3. The Hall–Kier alpha value is -1.72. The highest BCUT2D eigenvalue weighted by Gasteiger charge is 2.47. The molecule has 2 N–H and O–H groups in total. The summed E-state index contributed by atoms with van der Waals surface area (Å²) in [7, 11) is 2.69. The summed E-state index contributed by atoms with van der Waals surface area (Å²) in [5, 5.41) is 20.2. The van der Waals surface area contributed by atoms with Gasteiger partial charge in [0.25, 0.3) is 0 Å². The number of hydrogen-bond donors (Lipinski definition) is 2. The van der Waals surface area contributed by atoms with E-state index in [1.807, 2.05) is 0 Å². The van der Waals surface area contributed by atoms with Gasteiger partial charge < -0.3 is 38.6 Å². The van der Waals surface area contributed by atoms with E-state index in [4.69, 9.17) is 28.4 Å².